The Bertz CT molecular complexity index is 444. The Hall–Kier alpha value is -0.860. The maximum atomic E-state index is 9.41. The molecule has 0 bridgehead atoms. The molecular weight excluding hydrogens is 204 g/mol. The first kappa shape index (κ1) is 10.7. The number of hydrogen-bond acceptors (Lipinski definition) is 2. The fourth-order valence-corrected chi connectivity index (χ4v) is 3.07. The summed E-state index contributed by atoms with van der Waals surface area (Å²) in [5.41, 5.74) is 1.36. The van der Waals surface area contributed by atoms with Crippen LogP contribution >= 0.6 is 11.3 Å². The third-order valence-corrected chi connectivity index (χ3v) is 3.71. The molecule has 1 aromatic heterocycles. The van der Waals surface area contributed by atoms with Gasteiger partial charge in [0.15, 0.2) is 0 Å². The smallest absolute Gasteiger partial charge is 0.0517 e. The largest absolute Gasteiger partial charge is 0.393 e. The Morgan fingerprint density at radius 1 is 1.27 bits per heavy atom. The number of aliphatic hydroxyl groups is 1. The van der Waals surface area contributed by atoms with E-state index in [2.05, 4.69) is 36.6 Å². The molecule has 0 aliphatic rings. The van der Waals surface area contributed by atoms with Gasteiger partial charge in [0.05, 0.1) is 6.10 Å². The summed E-state index contributed by atoms with van der Waals surface area (Å²) in [5, 5.41) is 12.9. The van der Waals surface area contributed by atoms with Crippen LogP contribution < -0.4 is 0 Å². The van der Waals surface area contributed by atoms with Crippen LogP contribution in [0.25, 0.3) is 10.1 Å². The van der Waals surface area contributed by atoms with Crippen molar-refractivity contribution < 1.29 is 5.11 Å². The molecule has 1 N–H and O–H groups in total. The molecule has 0 aliphatic carbocycles. The summed E-state index contributed by atoms with van der Waals surface area (Å²) in [5.74, 6) is 0.423. The van der Waals surface area contributed by atoms with Crippen molar-refractivity contribution in [3.8, 4) is 0 Å². The standard InChI is InChI=1S/C13H16OS/c1-9(8-10(2)14)12-5-3-4-11-6-7-15-13(11)12/h3-7,9-10,14H,8H2,1-2H3. The van der Waals surface area contributed by atoms with E-state index >= 15 is 0 Å². The highest BCUT2D eigenvalue weighted by Crippen LogP contribution is 2.31. The second kappa shape index (κ2) is 4.33. The van der Waals surface area contributed by atoms with E-state index in [1.165, 1.54) is 15.6 Å². The summed E-state index contributed by atoms with van der Waals surface area (Å²) in [4.78, 5) is 0. The zero-order valence-corrected chi connectivity index (χ0v) is 9.92. The summed E-state index contributed by atoms with van der Waals surface area (Å²) >= 11 is 1.79. The number of aliphatic hydroxyl groups excluding tert-OH is 1. The quantitative estimate of drug-likeness (QED) is 0.834. The van der Waals surface area contributed by atoms with Crippen LogP contribution in [0.15, 0.2) is 29.6 Å². The van der Waals surface area contributed by atoms with E-state index in [4.69, 9.17) is 0 Å². The molecule has 1 heterocycles. The van der Waals surface area contributed by atoms with Crippen molar-refractivity contribution in [2.75, 3.05) is 0 Å². The second-order valence-electron chi connectivity index (χ2n) is 4.17. The lowest BCUT2D eigenvalue weighted by Gasteiger charge is -2.14. The van der Waals surface area contributed by atoms with Crippen LogP contribution in [-0.4, -0.2) is 11.2 Å². The van der Waals surface area contributed by atoms with E-state index in [-0.39, 0.29) is 6.10 Å². The molecule has 0 amide bonds. The minimum Gasteiger partial charge on any atom is -0.393 e. The van der Waals surface area contributed by atoms with E-state index in [1.54, 1.807) is 11.3 Å². The third-order valence-electron chi connectivity index (χ3n) is 2.74. The highest BCUT2D eigenvalue weighted by molar-refractivity contribution is 7.17. The topological polar surface area (TPSA) is 20.2 Å². The van der Waals surface area contributed by atoms with Gasteiger partial charge in [-0.15, -0.1) is 11.3 Å². The molecule has 0 fully saturated rings. The molecule has 0 radical (unpaired) electrons. The predicted molar refractivity (Wildman–Crippen MR) is 66.5 cm³/mol. The van der Waals surface area contributed by atoms with Crippen LogP contribution in [0.4, 0.5) is 0 Å². The molecule has 15 heavy (non-hydrogen) atoms. The summed E-state index contributed by atoms with van der Waals surface area (Å²) in [6.45, 7) is 4.03. The first-order chi connectivity index (χ1) is 7.18. The van der Waals surface area contributed by atoms with Crippen molar-refractivity contribution in [3.63, 3.8) is 0 Å². The van der Waals surface area contributed by atoms with Crippen molar-refractivity contribution in [3.05, 3.63) is 35.2 Å². The number of thiophene rings is 1. The molecule has 1 aromatic carbocycles. The molecule has 0 aliphatic heterocycles. The van der Waals surface area contributed by atoms with Gasteiger partial charge in [-0.2, -0.15) is 0 Å². The van der Waals surface area contributed by atoms with Gasteiger partial charge < -0.3 is 5.11 Å². The van der Waals surface area contributed by atoms with E-state index in [0.717, 1.165) is 6.42 Å². The molecule has 1 nitrogen and oxygen atoms in total. The minimum atomic E-state index is -0.227. The Morgan fingerprint density at radius 3 is 2.80 bits per heavy atom. The van der Waals surface area contributed by atoms with Crippen LogP contribution in [0, 0.1) is 0 Å². The third kappa shape index (κ3) is 2.21. The molecule has 2 unspecified atom stereocenters. The van der Waals surface area contributed by atoms with Crippen LogP contribution in [-0.2, 0) is 0 Å². The average Bonchev–Trinajstić information content (AvgIpc) is 2.63. The SMILES string of the molecule is CC(O)CC(C)c1cccc2ccsc12. The monoisotopic (exact) mass is 220 g/mol. The molecule has 80 valence electrons. The molecule has 2 atom stereocenters. The molecular formula is C13H16OS. The molecule has 0 spiro atoms. The van der Waals surface area contributed by atoms with Crippen LogP contribution in [0.1, 0.15) is 31.7 Å². The zero-order valence-electron chi connectivity index (χ0n) is 9.10. The Balaban J connectivity index is 2.38. The van der Waals surface area contributed by atoms with E-state index in [1.807, 2.05) is 6.92 Å². The van der Waals surface area contributed by atoms with Gasteiger partial charge >= 0.3 is 0 Å². The number of benzene rings is 1. The van der Waals surface area contributed by atoms with Crippen molar-refractivity contribution in [1.29, 1.82) is 0 Å². The molecule has 2 rings (SSSR count). The Kier molecular flexibility index (Phi) is 3.08. The molecule has 0 saturated carbocycles. The van der Waals surface area contributed by atoms with Crippen LogP contribution in [0.5, 0.6) is 0 Å². The van der Waals surface area contributed by atoms with Crippen LogP contribution in [0.2, 0.25) is 0 Å². The highest BCUT2D eigenvalue weighted by Gasteiger charge is 2.12. The Labute approximate surface area is 94.4 Å². The lowest BCUT2D eigenvalue weighted by atomic mass is 9.95. The van der Waals surface area contributed by atoms with Gasteiger partial charge in [0, 0.05) is 4.70 Å². The Morgan fingerprint density at radius 2 is 2.07 bits per heavy atom. The van der Waals surface area contributed by atoms with Gasteiger partial charge in [-0.1, -0.05) is 25.1 Å². The average molecular weight is 220 g/mol. The molecule has 2 heteroatoms. The van der Waals surface area contributed by atoms with Gasteiger partial charge in [0.1, 0.15) is 0 Å². The normalized spacial score (nSPS) is 15.4. The fourth-order valence-electron chi connectivity index (χ4n) is 2.04. The number of hydrogen-bond donors (Lipinski definition) is 1. The fraction of sp³-hybridized carbons (Fsp3) is 0.385. The number of rotatable bonds is 3. The van der Waals surface area contributed by atoms with Gasteiger partial charge in [0.25, 0.3) is 0 Å². The van der Waals surface area contributed by atoms with Crippen molar-refractivity contribution in [2.24, 2.45) is 0 Å². The van der Waals surface area contributed by atoms with E-state index < -0.39 is 0 Å². The van der Waals surface area contributed by atoms with Crippen molar-refractivity contribution in [1.82, 2.24) is 0 Å². The lowest BCUT2D eigenvalue weighted by molar-refractivity contribution is 0.177. The van der Waals surface area contributed by atoms with E-state index in [0.29, 0.717) is 5.92 Å². The van der Waals surface area contributed by atoms with Crippen molar-refractivity contribution >= 4 is 21.4 Å². The van der Waals surface area contributed by atoms with Gasteiger partial charge in [0.2, 0.25) is 0 Å². The maximum Gasteiger partial charge on any atom is 0.0517 e. The van der Waals surface area contributed by atoms with Crippen LogP contribution in [0.3, 0.4) is 0 Å². The molecule has 0 saturated heterocycles. The highest BCUT2D eigenvalue weighted by atomic mass is 32.1. The summed E-state index contributed by atoms with van der Waals surface area (Å²) in [6.07, 6.45) is 0.604. The van der Waals surface area contributed by atoms with Gasteiger partial charge in [-0.05, 0) is 41.7 Å². The summed E-state index contributed by atoms with van der Waals surface area (Å²) < 4.78 is 1.37. The lowest BCUT2D eigenvalue weighted by Crippen LogP contribution is -2.05. The first-order valence-electron chi connectivity index (χ1n) is 5.32. The summed E-state index contributed by atoms with van der Waals surface area (Å²) in [6, 6.07) is 8.57. The zero-order chi connectivity index (χ0) is 10.8. The first-order valence-corrected chi connectivity index (χ1v) is 6.20. The second-order valence-corrected chi connectivity index (χ2v) is 5.09. The number of fused-ring (bicyclic) bond motifs is 1. The molecule has 2 aromatic rings. The summed E-state index contributed by atoms with van der Waals surface area (Å²) in [7, 11) is 0. The predicted octanol–water partition coefficient (Wildman–Crippen LogP) is 3.78. The maximum absolute atomic E-state index is 9.41. The minimum absolute atomic E-state index is 0.227. The van der Waals surface area contributed by atoms with Crippen molar-refractivity contribution in [2.45, 2.75) is 32.3 Å². The van der Waals surface area contributed by atoms with E-state index in [9.17, 15) is 5.11 Å². The van der Waals surface area contributed by atoms with Gasteiger partial charge in [-0.25, -0.2) is 0 Å². The van der Waals surface area contributed by atoms with Gasteiger partial charge in [-0.3, -0.25) is 0 Å².